The van der Waals surface area contributed by atoms with Gasteiger partial charge in [-0.1, -0.05) is 12.1 Å². The van der Waals surface area contributed by atoms with Crippen molar-refractivity contribution in [2.45, 2.75) is 6.92 Å². The molecule has 0 aliphatic rings. The number of benzene rings is 1. The third-order valence-electron chi connectivity index (χ3n) is 2.75. The summed E-state index contributed by atoms with van der Waals surface area (Å²) in [5.74, 6) is 0.0236. The summed E-state index contributed by atoms with van der Waals surface area (Å²) in [6.07, 6.45) is 0. The van der Waals surface area contributed by atoms with Gasteiger partial charge in [-0.05, 0) is 31.2 Å². The van der Waals surface area contributed by atoms with E-state index in [-0.39, 0.29) is 18.4 Å². The van der Waals surface area contributed by atoms with Crippen molar-refractivity contribution in [2.75, 3.05) is 19.0 Å². The van der Waals surface area contributed by atoms with Crippen LogP contribution < -0.4 is 15.4 Å². The van der Waals surface area contributed by atoms with Gasteiger partial charge < -0.3 is 15.4 Å². The zero-order chi connectivity index (χ0) is 15.2. The van der Waals surface area contributed by atoms with Crippen LogP contribution in [0.25, 0.3) is 0 Å². The molecule has 5 nitrogen and oxygen atoms in total. The number of nitrogens with one attached hydrogen (secondary N) is 2. The first-order chi connectivity index (χ1) is 10.1. The molecule has 0 fully saturated rings. The van der Waals surface area contributed by atoms with Crippen molar-refractivity contribution < 1.29 is 14.3 Å². The summed E-state index contributed by atoms with van der Waals surface area (Å²) in [5, 5.41) is 5.29. The van der Waals surface area contributed by atoms with Gasteiger partial charge in [0.25, 0.3) is 5.91 Å². The van der Waals surface area contributed by atoms with Crippen LogP contribution in [-0.4, -0.2) is 25.5 Å². The van der Waals surface area contributed by atoms with E-state index in [4.69, 9.17) is 4.74 Å². The highest BCUT2D eigenvalue weighted by atomic mass is 32.1. The van der Waals surface area contributed by atoms with Gasteiger partial charge in [0.15, 0.2) is 0 Å². The Morgan fingerprint density at radius 2 is 1.95 bits per heavy atom. The summed E-state index contributed by atoms with van der Waals surface area (Å²) < 4.78 is 5.14. The van der Waals surface area contributed by atoms with Crippen LogP contribution in [-0.2, 0) is 4.79 Å². The topological polar surface area (TPSA) is 67.4 Å². The lowest BCUT2D eigenvalue weighted by Gasteiger charge is -2.10. The van der Waals surface area contributed by atoms with Crippen LogP contribution in [0.15, 0.2) is 36.4 Å². The zero-order valence-corrected chi connectivity index (χ0v) is 12.6. The Bertz CT molecular complexity index is 652. The molecule has 0 saturated carbocycles. The molecule has 0 saturated heterocycles. The van der Waals surface area contributed by atoms with Gasteiger partial charge in [-0.15, -0.1) is 11.3 Å². The lowest BCUT2D eigenvalue weighted by Crippen LogP contribution is -2.32. The Kier molecular flexibility index (Phi) is 4.94. The van der Waals surface area contributed by atoms with Crippen molar-refractivity contribution in [3.8, 4) is 5.75 Å². The normalized spacial score (nSPS) is 10.0. The number of carbonyl (C=O) groups excluding carboxylic acids is 2. The second-order valence-electron chi connectivity index (χ2n) is 4.34. The first kappa shape index (κ1) is 15.1. The Morgan fingerprint density at radius 3 is 2.62 bits per heavy atom. The van der Waals surface area contributed by atoms with E-state index in [2.05, 4.69) is 10.6 Å². The maximum Gasteiger partial charge on any atom is 0.261 e. The van der Waals surface area contributed by atoms with Gasteiger partial charge >= 0.3 is 0 Å². The number of hydrogen-bond donors (Lipinski definition) is 2. The van der Waals surface area contributed by atoms with Gasteiger partial charge in [-0.2, -0.15) is 0 Å². The quantitative estimate of drug-likeness (QED) is 0.891. The summed E-state index contributed by atoms with van der Waals surface area (Å²) >= 11 is 1.39. The molecular formula is C15H16N2O3S. The molecule has 2 amide bonds. The van der Waals surface area contributed by atoms with Gasteiger partial charge in [-0.25, -0.2) is 0 Å². The van der Waals surface area contributed by atoms with Crippen LogP contribution in [0.2, 0.25) is 0 Å². The van der Waals surface area contributed by atoms with E-state index < -0.39 is 0 Å². The number of amides is 2. The number of aryl methyl sites for hydroxylation is 1. The molecule has 1 aromatic heterocycles. The Morgan fingerprint density at radius 1 is 1.19 bits per heavy atom. The number of carbonyl (C=O) groups is 2. The van der Waals surface area contributed by atoms with Crippen molar-refractivity contribution in [1.29, 1.82) is 0 Å². The molecule has 0 unspecified atom stereocenters. The molecule has 1 aromatic carbocycles. The van der Waals surface area contributed by atoms with Crippen LogP contribution in [0.1, 0.15) is 14.5 Å². The molecule has 0 bridgehead atoms. The molecule has 6 heteroatoms. The number of thiophene rings is 1. The maximum atomic E-state index is 11.8. The smallest absolute Gasteiger partial charge is 0.261 e. The van der Waals surface area contributed by atoms with E-state index in [0.717, 1.165) is 4.88 Å². The minimum atomic E-state index is -0.305. The highest BCUT2D eigenvalue weighted by molar-refractivity contribution is 7.13. The number of anilines is 1. The number of methoxy groups -OCH3 is 1. The highest BCUT2D eigenvalue weighted by Crippen LogP contribution is 2.22. The molecule has 2 N–H and O–H groups in total. The lowest BCUT2D eigenvalue weighted by atomic mass is 10.3. The summed E-state index contributed by atoms with van der Waals surface area (Å²) in [5.41, 5.74) is 0.575. The van der Waals surface area contributed by atoms with Crippen LogP contribution in [0.3, 0.4) is 0 Å². The van der Waals surface area contributed by atoms with Gasteiger partial charge in [0.2, 0.25) is 5.91 Å². The molecular weight excluding hydrogens is 288 g/mol. The number of hydrogen-bond acceptors (Lipinski definition) is 4. The molecule has 0 spiro atoms. The first-order valence-electron chi connectivity index (χ1n) is 6.37. The number of ether oxygens (including phenoxy) is 1. The fourth-order valence-electron chi connectivity index (χ4n) is 1.75. The predicted molar refractivity (Wildman–Crippen MR) is 83.0 cm³/mol. The van der Waals surface area contributed by atoms with Gasteiger partial charge in [0, 0.05) is 4.88 Å². The van der Waals surface area contributed by atoms with Gasteiger partial charge in [0.05, 0.1) is 24.2 Å². The van der Waals surface area contributed by atoms with E-state index in [1.807, 2.05) is 19.1 Å². The lowest BCUT2D eigenvalue weighted by molar-refractivity contribution is -0.115. The molecule has 110 valence electrons. The molecule has 21 heavy (non-hydrogen) atoms. The van der Waals surface area contributed by atoms with E-state index in [1.54, 1.807) is 24.3 Å². The molecule has 0 atom stereocenters. The minimum absolute atomic E-state index is 0.0895. The second-order valence-corrected chi connectivity index (χ2v) is 5.63. The number of rotatable bonds is 5. The van der Waals surface area contributed by atoms with Crippen molar-refractivity contribution in [1.82, 2.24) is 5.32 Å². The monoisotopic (exact) mass is 304 g/mol. The molecule has 2 aromatic rings. The van der Waals surface area contributed by atoms with Gasteiger partial charge in [-0.3, -0.25) is 9.59 Å². The van der Waals surface area contributed by atoms with Crippen LogP contribution in [0, 0.1) is 6.92 Å². The van der Waals surface area contributed by atoms with Crippen molar-refractivity contribution in [3.63, 3.8) is 0 Å². The van der Waals surface area contributed by atoms with E-state index in [0.29, 0.717) is 16.3 Å². The second kappa shape index (κ2) is 6.90. The highest BCUT2D eigenvalue weighted by Gasteiger charge is 2.11. The molecule has 1 heterocycles. The number of para-hydroxylation sites is 2. The largest absolute Gasteiger partial charge is 0.495 e. The first-order valence-corrected chi connectivity index (χ1v) is 7.19. The summed E-state index contributed by atoms with van der Waals surface area (Å²) in [7, 11) is 1.53. The standard InChI is InChI=1S/C15H16N2O3S/c1-10-7-8-13(21-10)15(19)16-9-14(18)17-11-5-3-4-6-12(11)20-2/h3-8H,9H2,1-2H3,(H,16,19)(H,17,18). The molecule has 0 aliphatic carbocycles. The van der Waals surface area contributed by atoms with E-state index in [9.17, 15) is 9.59 Å². The minimum Gasteiger partial charge on any atom is -0.495 e. The van der Waals surface area contributed by atoms with E-state index >= 15 is 0 Å². The fourth-order valence-corrected chi connectivity index (χ4v) is 2.53. The third-order valence-corrected chi connectivity index (χ3v) is 3.75. The average molecular weight is 304 g/mol. The summed E-state index contributed by atoms with van der Waals surface area (Å²) in [4.78, 5) is 25.3. The van der Waals surface area contributed by atoms with Crippen molar-refractivity contribution in [2.24, 2.45) is 0 Å². The summed E-state index contributed by atoms with van der Waals surface area (Å²) in [6.45, 7) is 1.84. The van der Waals surface area contributed by atoms with Crippen LogP contribution >= 0.6 is 11.3 Å². The molecule has 0 aliphatic heterocycles. The molecule has 0 radical (unpaired) electrons. The Labute approximate surface area is 126 Å². The third kappa shape index (κ3) is 4.06. The van der Waals surface area contributed by atoms with E-state index in [1.165, 1.54) is 18.4 Å². The Hall–Kier alpha value is -2.34. The van der Waals surface area contributed by atoms with Crippen molar-refractivity contribution >= 4 is 28.8 Å². The van der Waals surface area contributed by atoms with Crippen LogP contribution in [0.5, 0.6) is 5.75 Å². The summed E-state index contributed by atoms with van der Waals surface area (Å²) in [6, 6.07) is 10.7. The maximum absolute atomic E-state index is 11.8. The Balaban J connectivity index is 1.89. The molecule has 2 rings (SSSR count). The predicted octanol–water partition coefficient (Wildman–Crippen LogP) is 2.43. The van der Waals surface area contributed by atoms with Gasteiger partial charge in [0.1, 0.15) is 5.75 Å². The average Bonchev–Trinajstić information content (AvgIpc) is 2.92. The zero-order valence-electron chi connectivity index (χ0n) is 11.8. The SMILES string of the molecule is COc1ccccc1NC(=O)CNC(=O)c1ccc(C)s1. The van der Waals surface area contributed by atoms with Crippen molar-refractivity contribution in [3.05, 3.63) is 46.2 Å². The fraction of sp³-hybridized carbons (Fsp3) is 0.200. The van der Waals surface area contributed by atoms with Crippen LogP contribution in [0.4, 0.5) is 5.69 Å².